The summed E-state index contributed by atoms with van der Waals surface area (Å²) in [7, 11) is 0. The maximum absolute atomic E-state index is 8.41. The van der Waals surface area contributed by atoms with Gasteiger partial charge in [0.1, 0.15) is 13.6 Å². The van der Waals surface area contributed by atoms with Crippen LogP contribution < -0.4 is 0 Å². The van der Waals surface area contributed by atoms with Gasteiger partial charge in [-0.3, -0.25) is 0 Å². The number of hydrogen-bond acceptors (Lipinski definition) is 4. The van der Waals surface area contributed by atoms with E-state index in [1.807, 2.05) is 0 Å². The van der Waals surface area contributed by atoms with Crippen LogP contribution in [0.5, 0.6) is 0 Å². The van der Waals surface area contributed by atoms with Crippen LogP contribution in [0, 0.1) is 0 Å². The van der Waals surface area contributed by atoms with Gasteiger partial charge in [-0.1, -0.05) is 0 Å². The Labute approximate surface area is 59.4 Å². The summed E-state index contributed by atoms with van der Waals surface area (Å²) >= 11 is 0. The molecule has 0 aliphatic heterocycles. The zero-order valence-electron chi connectivity index (χ0n) is 5.75. The van der Waals surface area contributed by atoms with E-state index in [2.05, 4.69) is 0 Å². The highest BCUT2D eigenvalue weighted by molar-refractivity contribution is 4.79. The van der Waals surface area contributed by atoms with Gasteiger partial charge in [-0.15, -0.1) is 0 Å². The Hall–Kier alpha value is -0.160. The Morgan fingerprint density at radius 2 is 1.60 bits per heavy atom. The smallest absolute Gasteiger partial charge is 0.173 e. The molecule has 1 aliphatic carbocycles. The number of ether oxygens (including phenoxy) is 2. The first-order chi connectivity index (χ1) is 4.83. The lowest BCUT2D eigenvalue weighted by Crippen LogP contribution is -2.43. The van der Waals surface area contributed by atoms with E-state index in [0.717, 1.165) is 19.3 Å². The van der Waals surface area contributed by atoms with Gasteiger partial charge in [0.05, 0.1) is 0 Å². The van der Waals surface area contributed by atoms with Crippen LogP contribution in [0.1, 0.15) is 19.3 Å². The highest BCUT2D eigenvalue weighted by atomic mass is 16.8. The van der Waals surface area contributed by atoms with E-state index in [-0.39, 0.29) is 13.6 Å². The second-order valence-corrected chi connectivity index (χ2v) is 2.31. The fraction of sp³-hybridized carbons (Fsp3) is 1.00. The number of aliphatic hydroxyl groups excluding tert-OH is 2. The molecule has 4 nitrogen and oxygen atoms in total. The van der Waals surface area contributed by atoms with Gasteiger partial charge in [-0.2, -0.15) is 0 Å². The quantitative estimate of drug-likeness (QED) is 0.542. The van der Waals surface area contributed by atoms with Crippen LogP contribution in [0.3, 0.4) is 0 Å². The Morgan fingerprint density at radius 3 is 1.80 bits per heavy atom. The molecule has 0 aromatic carbocycles. The van der Waals surface area contributed by atoms with Crippen molar-refractivity contribution in [1.29, 1.82) is 0 Å². The first-order valence-corrected chi connectivity index (χ1v) is 3.33. The average Bonchev–Trinajstić information content (AvgIpc) is 1.84. The third-order valence-electron chi connectivity index (χ3n) is 1.77. The second kappa shape index (κ2) is 3.30. The molecule has 0 unspecified atom stereocenters. The largest absolute Gasteiger partial charge is 0.371 e. The van der Waals surface area contributed by atoms with E-state index in [1.165, 1.54) is 0 Å². The van der Waals surface area contributed by atoms with Gasteiger partial charge in [0.2, 0.25) is 0 Å². The number of rotatable bonds is 4. The Balaban J connectivity index is 2.27. The van der Waals surface area contributed by atoms with Crippen LogP contribution in [0.15, 0.2) is 0 Å². The van der Waals surface area contributed by atoms with Gasteiger partial charge >= 0.3 is 0 Å². The monoisotopic (exact) mass is 148 g/mol. The topological polar surface area (TPSA) is 58.9 Å². The summed E-state index contributed by atoms with van der Waals surface area (Å²) in [5.41, 5.74) is 0. The fourth-order valence-corrected chi connectivity index (χ4v) is 1.03. The number of aliphatic hydroxyl groups is 2. The molecule has 2 N–H and O–H groups in total. The van der Waals surface area contributed by atoms with Gasteiger partial charge in [0.25, 0.3) is 0 Å². The summed E-state index contributed by atoms with van der Waals surface area (Å²) in [5.74, 6) is -0.677. The molecule has 0 aromatic heterocycles. The zero-order valence-corrected chi connectivity index (χ0v) is 5.75. The summed E-state index contributed by atoms with van der Waals surface area (Å²) in [5, 5.41) is 16.8. The minimum atomic E-state index is -0.677. The molecule has 0 amide bonds. The molecular weight excluding hydrogens is 136 g/mol. The summed E-state index contributed by atoms with van der Waals surface area (Å²) in [6, 6.07) is 0. The lowest BCUT2D eigenvalue weighted by atomic mass is 9.91. The van der Waals surface area contributed by atoms with E-state index < -0.39 is 5.79 Å². The van der Waals surface area contributed by atoms with E-state index in [1.54, 1.807) is 0 Å². The molecule has 0 atom stereocenters. The van der Waals surface area contributed by atoms with Crippen molar-refractivity contribution < 1.29 is 19.7 Å². The normalized spacial score (nSPS) is 22.2. The van der Waals surface area contributed by atoms with E-state index in [4.69, 9.17) is 19.7 Å². The van der Waals surface area contributed by atoms with Crippen molar-refractivity contribution in [2.45, 2.75) is 25.0 Å². The van der Waals surface area contributed by atoms with Crippen molar-refractivity contribution in [3.05, 3.63) is 0 Å². The molecule has 0 radical (unpaired) electrons. The van der Waals surface area contributed by atoms with Gasteiger partial charge in [-0.25, -0.2) is 0 Å². The van der Waals surface area contributed by atoms with Crippen LogP contribution in [0.4, 0.5) is 0 Å². The van der Waals surface area contributed by atoms with Crippen molar-refractivity contribution in [2.24, 2.45) is 0 Å². The van der Waals surface area contributed by atoms with Gasteiger partial charge in [0, 0.05) is 12.8 Å². The van der Waals surface area contributed by atoms with Crippen LogP contribution in [0.25, 0.3) is 0 Å². The molecule has 1 rings (SSSR count). The zero-order chi connectivity index (χ0) is 7.45. The third-order valence-corrected chi connectivity index (χ3v) is 1.77. The summed E-state index contributed by atoms with van der Waals surface area (Å²) in [4.78, 5) is 0. The van der Waals surface area contributed by atoms with Gasteiger partial charge in [-0.05, 0) is 6.42 Å². The van der Waals surface area contributed by atoms with Crippen molar-refractivity contribution in [1.82, 2.24) is 0 Å². The van der Waals surface area contributed by atoms with E-state index in [9.17, 15) is 0 Å². The first kappa shape index (κ1) is 7.94. The summed E-state index contributed by atoms with van der Waals surface area (Å²) < 4.78 is 9.76. The molecule has 1 fully saturated rings. The fourth-order valence-electron chi connectivity index (χ4n) is 1.03. The molecule has 10 heavy (non-hydrogen) atoms. The van der Waals surface area contributed by atoms with Crippen molar-refractivity contribution in [3.8, 4) is 0 Å². The lowest BCUT2D eigenvalue weighted by Gasteiger charge is -2.39. The molecular formula is C6H12O4. The molecule has 0 heterocycles. The first-order valence-electron chi connectivity index (χ1n) is 3.33. The lowest BCUT2D eigenvalue weighted by molar-refractivity contribution is -0.318. The molecule has 1 aliphatic rings. The molecule has 0 bridgehead atoms. The minimum Gasteiger partial charge on any atom is -0.371 e. The van der Waals surface area contributed by atoms with E-state index >= 15 is 0 Å². The summed E-state index contributed by atoms with van der Waals surface area (Å²) in [6.45, 7) is -0.694. The maximum Gasteiger partial charge on any atom is 0.173 e. The highest BCUT2D eigenvalue weighted by Gasteiger charge is 2.39. The standard InChI is InChI=1S/C6H12O4/c7-4-9-6(10-5-8)2-1-3-6/h7-8H,1-5H2. The molecule has 4 heteroatoms. The molecule has 0 spiro atoms. The Kier molecular flexibility index (Phi) is 2.62. The van der Waals surface area contributed by atoms with Gasteiger partial charge in [0.15, 0.2) is 5.79 Å². The van der Waals surface area contributed by atoms with Crippen LogP contribution in [-0.4, -0.2) is 29.6 Å². The summed E-state index contributed by atoms with van der Waals surface area (Å²) in [6.07, 6.45) is 2.54. The Morgan fingerprint density at radius 1 is 1.10 bits per heavy atom. The second-order valence-electron chi connectivity index (χ2n) is 2.31. The van der Waals surface area contributed by atoms with Crippen molar-refractivity contribution in [3.63, 3.8) is 0 Å². The van der Waals surface area contributed by atoms with Gasteiger partial charge < -0.3 is 19.7 Å². The SMILES string of the molecule is OCOC1(OCO)CCC1. The minimum absolute atomic E-state index is 0.347. The third kappa shape index (κ3) is 1.46. The van der Waals surface area contributed by atoms with Crippen LogP contribution in [-0.2, 0) is 9.47 Å². The van der Waals surface area contributed by atoms with Crippen molar-refractivity contribution in [2.75, 3.05) is 13.6 Å². The van der Waals surface area contributed by atoms with Crippen molar-refractivity contribution >= 4 is 0 Å². The highest BCUT2D eigenvalue weighted by Crippen LogP contribution is 2.36. The molecule has 1 saturated carbocycles. The van der Waals surface area contributed by atoms with E-state index in [0.29, 0.717) is 0 Å². The molecule has 60 valence electrons. The Bertz CT molecular complexity index is 91.9. The maximum atomic E-state index is 8.41. The van der Waals surface area contributed by atoms with Crippen LogP contribution in [0.2, 0.25) is 0 Å². The number of hydrogen-bond donors (Lipinski definition) is 2. The predicted octanol–water partition coefficient (Wildman–Crippen LogP) is -0.201. The average molecular weight is 148 g/mol. The predicted molar refractivity (Wildman–Crippen MR) is 32.9 cm³/mol. The molecule has 0 aromatic rings. The molecule has 0 saturated heterocycles. The van der Waals surface area contributed by atoms with Crippen LogP contribution >= 0.6 is 0 Å².